The molecule has 0 fully saturated rings. The molecule has 3 aromatic rings. The summed E-state index contributed by atoms with van der Waals surface area (Å²) in [5, 5.41) is 10.7. The number of carbonyl (C=O) groups is 2. The predicted molar refractivity (Wildman–Crippen MR) is 134 cm³/mol. The topological polar surface area (TPSA) is 93.3 Å². The number of nitrogens with zero attached hydrogens (tertiary/aromatic N) is 4. The Morgan fingerprint density at radius 2 is 2.03 bits per heavy atom. The van der Waals surface area contributed by atoms with Crippen LogP contribution in [0.3, 0.4) is 0 Å². The average Bonchev–Trinajstić information content (AvgIpc) is 3.37. The van der Waals surface area contributed by atoms with Gasteiger partial charge in [-0.05, 0) is 69.8 Å². The van der Waals surface area contributed by atoms with E-state index in [-0.39, 0.29) is 18.9 Å². The Labute approximate surface area is 224 Å². The van der Waals surface area contributed by atoms with E-state index >= 15 is 0 Å². The van der Waals surface area contributed by atoms with Crippen LogP contribution in [0.2, 0.25) is 0 Å². The highest BCUT2D eigenvalue weighted by Crippen LogP contribution is 2.36. The van der Waals surface area contributed by atoms with Crippen LogP contribution in [-0.4, -0.2) is 50.9 Å². The maximum absolute atomic E-state index is 13.2. The molecule has 5 rings (SSSR count). The molecular weight excluding hydrogens is 693 g/mol. The van der Waals surface area contributed by atoms with E-state index in [1.165, 1.54) is 6.26 Å². The summed E-state index contributed by atoms with van der Waals surface area (Å²) >= 11 is 4.41. The summed E-state index contributed by atoms with van der Waals surface area (Å²) in [6, 6.07) is 5.57. The maximum atomic E-state index is 13.2. The number of nitrogens with one attached hydrogen (secondary N) is 1. The first kappa shape index (κ1) is 24.5. The molecule has 184 valence electrons. The zero-order valence-electron chi connectivity index (χ0n) is 18.0. The largest absolute Gasteiger partial charge is 0.405 e. The fourth-order valence-corrected chi connectivity index (χ4v) is 5.30. The minimum atomic E-state index is -4.50. The Balaban J connectivity index is 1.44. The van der Waals surface area contributed by atoms with Crippen LogP contribution < -0.4 is 5.32 Å². The van der Waals surface area contributed by atoms with Crippen molar-refractivity contribution in [3.63, 3.8) is 0 Å². The van der Waals surface area contributed by atoms with E-state index in [4.69, 9.17) is 4.52 Å². The Kier molecular flexibility index (Phi) is 6.56. The lowest BCUT2D eigenvalue weighted by Crippen LogP contribution is -2.39. The summed E-state index contributed by atoms with van der Waals surface area (Å²) in [6.07, 6.45) is -2.40. The smallest absolute Gasteiger partial charge is 0.364 e. The second-order valence-corrected chi connectivity index (χ2v) is 10.8. The number of benzene rings is 1. The van der Waals surface area contributed by atoms with Crippen LogP contribution in [0.4, 0.5) is 13.2 Å². The van der Waals surface area contributed by atoms with E-state index in [2.05, 4.69) is 55.4 Å². The van der Waals surface area contributed by atoms with Crippen molar-refractivity contribution >= 4 is 57.0 Å². The minimum absolute atomic E-state index is 0.0941. The second kappa shape index (κ2) is 9.37. The van der Waals surface area contributed by atoms with Crippen molar-refractivity contribution < 1.29 is 27.3 Å². The van der Waals surface area contributed by atoms with Gasteiger partial charge in [0.25, 0.3) is 5.91 Å². The molecule has 2 aliphatic heterocycles. The first-order valence-corrected chi connectivity index (χ1v) is 12.9. The maximum Gasteiger partial charge on any atom is 0.405 e. The number of halogens is 5. The Morgan fingerprint density at radius 1 is 1.23 bits per heavy atom. The number of aromatic nitrogens is 3. The first-order chi connectivity index (χ1) is 16.6. The van der Waals surface area contributed by atoms with Gasteiger partial charge in [-0.3, -0.25) is 14.3 Å². The van der Waals surface area contributed by atoms with Crippen molar-refractivity contribution in [2.75, 3.05) is 13.1 Å². The summed E-state index contributed by atoms with van der Waals surface area (Å²) in [7, 11) is 0. The molecule has 1 aromatic carbocycles. The highest BCUT2D eigenvalue weighted by atomic mass is 127. The van der Waals surface area contributed by atoms with Gasteiger partial charge in [-0.15, -0.1) is 0 Å². The summed E-state index contributed by atoms with van der Waals surface area (Å²) in [6.45, 7) is -0.503. The Bertz CT molecular complexity index is 1320. The van der Waals surface area contributed by atoms with E-state index in [1.54, 1.807) is 15.6 Å². The zero-order valence-corrected chi connectivity index (χ0v) is 22.3. The number of alkyl halides is 3. The molecule has 0 spiro atoms. The average molecular weight is 711 g/mol. The number of hydrogen-bond acceptors (Lipinski definition) is 5. The zero-order chi connectivity index (χ0) is 24.9. The number of hydrogen-bond donors (Lipinski definition) is 1. The highest BCUT2D eigenvalue weighted by Gasteiger charge is 2.36. The van der Waals surface area contributed by atoms with Crippen LogP contribution >= 0.6 is 45.2 Å². The molecule has 0 bridgehead atoms. The van der Waals surface area contributed by atoms with Gasteiger partial charge in [-0.25, -0.2) is 0 Å². The molecule has 2 amide bonds. The molecule has 2 aliphatic rings. The summed E-state index contributed by atoms with van der Waals surface area (Å²) < 4.78 is 46.7. The summed E-state index contributed by atoms with van der Waals surface area (Å²) in [5.74, 6) is -1.58. The number of rotatable bonds is 3. The molecule has 35 heavy (non-hydrogen) atoms. The molecule has 2 aromatic heterocycles. The molecule has 0 saturated heterocycles. The van der Waals surface area contributed by atoms with Gasteiger partial charge in [0, 0.05) is 36.8 Å². The molecule has 0 saturated carbocycles. The number of amides is 2. The van der Waals surface area contributed by atoms with Crippen molar-refractivity contribution in [2.45, 2.75) is 32.1 Å². The van der Waals surface area contributed by atoms with Crippen LogP contribution in [0.5, 0.6) is 0 Å². The molecule has 4 heterocycles. The van der Waals surface area contributed by atoms with Gasteiger partial charge in [-0.1, -0.05) is 5.16 Å². The molecule has 8 nitrogen and oxygen atoms in total. The van der Waals surface area contributed by atoms with Gasteiger partial charge in [0.1, 0.15) is 18.5 Å². The Hall–Kier alpha value is -2.17. The minimum Gasteiger partial charge on any atom is -0.364 e. The van der Waals surface area contributed by atoms with Crippen molar-refractivity contribution in [1.29, 1.82) is 0 Å². The molecule has 1 atom stereocenters. The quantitative estimate of drug-likeness (QED) is 0.418. The third-order valence-electron chi connectivity index (χ3n) is 6.12. The molecule has 13 heteroatoms. The lowest BCUT2D eigenvalue weighted by Gasteiger charge is -2.27. The van der Waals surface area contributed by atoms with Crippen LogP contribution in [0, 0.1) is 13.1 Å². The summed E-state index contributed by atoms with van der Waals surface area (Å²) in [4.78, 5) is 27.6. The number of carbonyl (C=O) groups excluding carboxylic acids is 2. The van der Waals surface area contributed by atoms with Gasteiger partial charge in [-0.2, -0.15) is 18.3 Å². The van der Waals surface area contributed by atoms with Crippen molar-refractivity contribution in [3.05, 3.63) is 54.0 Å². The second-order valence-electron chi connectivity index (χ2n) is 8.48. The van der Waals surface area contributed by atoms with Crippen LogP contribution in [0.15, 0.2) is 29.0 Å². The van der Waals surface area contributed by atoms with Gasteiger partial charge in [0.2, 0.25) is 5.91 Å². The molecule has 1 unspecified atom stereocenters. The van der Waals surface area contributed by atoms with Crippen LogP contribution in [-0.2, 0) is 30.7 Å². The molecule has 0 aliphatic carbocycles. The van der Waals surface area contributed by atoms with Gasteiger partial charge in [0.05, 0.1) is 30.4 Å². The van der Waals surface area contributed by atoms with E-state index < -0.39 is 24.5 Å². The molecule has 1 N–H and O–H groups in total. The predicted octanol–water partition coefficient (Wildman–Crippen LogP) is 3.80. The van der Waals surface area contributed by atoms with Crippen molar-refractivity contribution in [2.24, 2.45) is 5.92 Å². The Morgan fingerprint density at radius 3 is 2.77 bits per heavy atom. The highest BCUT2D eigenvalue weighted by molar-refractivity contribution is 14.1. The monoisotopic (exact) mass is 711 g/mol. The van der Waals surface area contributed by atoms with E-state index in [0.29, 0.717) is 42.0 Å². The van der Waals surface area contributed by atoms with Gasteiger partial charge < -0.3 is 14.7 Å². The fourth-order valence-electron chi connectivity index (χ4n) is 4.45. The van der Waals surface area contributed by atoms with Crippen molar-refractivity contribution in [3.8, 4) is 11.4 Å². The van der Waals surface area contributed by atoms with Gasteiger partial charge in [0.15, 0.2) is 0 Å². The van der Waals surface area contributed by atoms with Crippen LogP contribution in [0.1, 0.15) is 27.2 Å². The lowest BCUT2D eigenvalue weighted by atomic mass is 9.98. The fraction of sp³-hybridized carbons (Fsp3) is 0.364. The SMILES string of the molecule is O=C(NCC(F)(F)F)C1Cc2conc2-c2c3c(nn2C1)CCN(C(=O)c1ccc(I)c(I)c1)C3. The lowest BCUT2D eigenvalue weighted by molar-refractivity contribution is -0.141. The normalized spacial score (nSPS) is 17.3. The molecular formula is C22H18F3I2N5O3. The third-order valence-corrected chi connectivity index (χ3v) is 8.98. The van der Waals surface area contributed by atoms with Gasteiger partial charge >= 0.3 is 6.18 Å². The standard InChI is InChI=1S/C22H18F3I2N5O3/c23-22(24,25)10-28-20(33)12-5-13-9-35-30-18(13)19-14-8-31(4-3-17(14)29-32(19)7-12)21(34)11-1-2-15(26)16(27)6-11/h1-2,6,9,12H,3-5,7-8,10H2,(H,28,33). The third kappa shape index (κ3) is 4.93. The molecule has 0 radical (unpaired) electrons. The van der Waals surface area contributed by atoms with E-state index in [0.717, 1.165) is 18.4 Å². The summed E-state index contributed by atoms with van der Waals surface area (Å²) in [5.41, 5.74) is 3.96. The first-order valence-electron chi connectivity index (χ1n) is 10.7. The van der Waals surface area contributed by atoms with Crippen LogP contribution in [0.25, 0.3) is 11.4 Å². The van der Waals surface area contributed by atoms with E-state index in [1.807, 2.05) is 17.4 Å². The number of fused-ring (bicyclic) bond motifs is 5. The van der Waals surface area contributed by atoms with E-state index in [9.17, 15) is 22.8 Å². The van der Waals surface area contributed by atoms with Crippen molar-refractivity contribution in [1.82, 2.24) is 25.2 Å².